The summed E-state index contributed by atoms with van der Waals surface area (Å²) < 4.78 is 0. The second-order valence-electron chi connectivity index (χ2n) is 6.66. The fourth-order valence-electron chi connectivity index (χ4n) is 2.55. The Balaban J connectivity index is 3.61. The number of unbranched alkanes of at least 4 members (excludes halogenated alkanes) is 5. The molecule has 0 rings (SSSR count). The molecule has 0 aromatic carbocycles. The van der Waals surface area contributed by atoms with E-state index in [1.165, 1.54) is 0 Å². The largest absolute Gasteiger partial charge is 0.481 e. The van der Waals surface area contributed by atoms with Crippen molar-refractivity contribution in [1.29, 1.82) is 0 Å². The standard InChI is InChI=1S/C22H35NO5/c1-2-3-4-5-6-7-8-9-10-11-12-13-14-15-16-17-20(24)23-19(22(27)28)18-21(25)26/h3-4,6-7,9-10,19H,2,5,8,11-18H2,1H3,(H,23,24)(H,25,26)(H,27,28). The van der Waals surface area contributed by atoms with Crippen molar-refractivity contribution >= 4 is 17.8 Å². The molecule has 0 heterocycles. The number of carboxylic acid groups (broad SMARTS) is 2. The lowest BCUT2D eigenvalue weighted by Crippen LogP contribution is -2.42. The van der Waals surface area contributed by atoms with E-state index >= 15 is 0 Å². The van der Waals surface area contributed by atoms with E-state index in [2.05, 4.69) is 48.7 Å². The third kappa shape index (κ3) is 17.1. The van der Waals surface area contributed by atoms with Crippen molar-refractivity contribution in [2.75, 3.05) is 0 Å². The van der Waals surface area contributed by atoms with Crippen LogP contribution >= 0.6 is 0 Å². The van der Waals surface area contributed by atoms with Crippen molar-refractivity contribution in [1.82, 2.24) is 5.32 Å². The van der Waals surface area contributed by atoms with Gasteiger partial charge in [0.25, 0.3) is 0 Å². The van der Waals surface area contributed by atoms with E-state index in [9.17, 15) is 14.4 Å². The monoisotopic (exact) mass is 393 g/mol. The van der Waals surface area contributed by atoms with Crippen LogP contribution < -0.4 is 5.32 Å². The molecule has 0 saturated carbocycles. The molecule has 0 aliphatic heterocycles. The van der Waals surface area contributed by atoms with Gasteiger partial charge in [-0.15, -0.1) is 0 Å². The topological polar surface area (TPSA) is 104 Å². The average molecular weight is 394 g/mol. The number of carboxylic acids is 2. The molecule has 6 nitrogen and oxygen atoms in total. The van der Waals surface area contributed by atoms with E-state index in [0.717, 1.165) is 51.4 Å². The highest BCUT2D eigenvalue weighted by atomic mass is 16.4. The molecular weight excluding hydrogens is 358 g/mol. The molecule has 0 bridgehead atoms. The van der Waals surface area contributed by atoms with Gasteiger partial charge in [0.05, 0.1) is 6.42 Å². The zero-order valence-electron chi connectivity index (χ0n) is 16.9. The van der Waals surface area contributed by atoms with Gasteiger partial charge >= 0.3 is 11.9 Å². The average Bonchev–Trinajstić information content (AvgIpc) is 2.64. The highest BCUT2D eigenvalue weighted by Crippen LogP contribution is 2.08. The molecule has 1 unspecified atom stereocenters. The molecule has 0 fully saturated rings. The van der Waals surface area contributed by atoms with Gasteiger partial charge in [-0.25, -0.2) is 4.79 Å². The molecule has 6 heteroatoms. The predicted molar refractivity (Wildman–Crippen MR) is 111 cm³/mol. The van der Waals surface area contributed by atoms with E-state index in [4.69, 9.17) is 10.2 Å². The number of hydrogen-bond donors (Lipinski definition) is 3. The van der Waals surface area contributed by atoms with E-state index in [1.807, 2.05) is 0 Å². The summed E-state index contributed by atoms with van der Waals surface area (Å²) in [6.07, 6.45) is 21.6. The molecule has 0 saturated heterocycles. The van der Waals surface area contributed by atoms with E-state index in [1.54, 1.807) is 0 Å². The highest BCUT2D eigenvalue weighted by molar-refractivity contribution is 5.86. The van der Waals surface area contributed by atoms with Crippen molar-refractivity contribution in [3.05, 3.63) is 36.5 Å². The molecule has 1 amide bonds. The van der Waals surface area contributed by atoms with Crippen LogP contribution in [0.4, 0.5) is 0 Å². The minimum Gasteiger partial charge on any atom is -0.481 e. The van der Waals surface area contributed by atoms with Crippen LogP contribution in [0.2, 0.25) is 0 Å². The van der Waals surface area contributed by atoms with Gasteiger partial charge in [0.1, 0.15) is 6.04 Å². The fourth-order valence-corrected chi connectivity index (χ4v) is 2.55. The molecule has 1 atom stereocenters. The minimum absolute atomic E-state index is 0.225. The van der Waals surface area contributed by atoms with Crippen molar-refractivity contribution in [2.45, 2.75) is 83.6 Å². The lowest BCUT2D eigenvalue weighted by atomic mass is 10.1. The molecule has 0 aromatic rings. The Kier molecular flexibility index (Phi) is 16.5. The Labute approximate surface area is 168 Å². The van der Waals surface area contributed by atoms with Crippen LogP contribution in [-0.2, 0) is 14.4 Å². The van der Waals surface area contributed by atoms with Crippen LogP contribution in [0.5, 0.6) is 0 Å². The number of carbonyl (C=O) groups is 3. The molecule has 0 aliphatic carbocycles. The minimum atomic E-state index is -1.36. The third-order valence-electron chi connectivity index (χ3n) is 4.07. The Bertz CT molecular complexity index is 537. The molecule has 3 N–H and O–H groups in total. The number of nitrogens with one attached hydrogen (secondary N) is 1. The number of allylic oxidation sites excluding steroid dienone is 6. The smallest absolute Gasteiger partial charge is 0.326 e. The first-order valence-corrected chi connectivity index (χ1v) is 10.2. The van der Waals surface area contributed by atoms with Crippen molar-refractivity contribution in [3.8, 4) is 0 Å². The normalized spacial score (nSPS) is 12.8. The van der Waals surface area contributed by atoms with Gasteiger partial charge in [0, 0.05) is 6.42 Å². The van der Waals surface area contributed by atoms with Crippen LogP contribution in [0.15, 0.2) is 36.5 Å². The van der Waals surface area contributed by atoms with Crippen LogP contribution in [-0.4, -0.2) is 34.1 Å². The SMILES string of the molecule is CCC=CCC=CCC=CCCCCCCCC(=O)NC(CC(=O)O)C(=O)O. The number of aliphatic carboxylic acids is 2. The second-order valence-corrected chi connectivity index (χ2v) is 6.66. The third-order valence-corrected chi connectivity index (χ3v) is 4.07. The molecule has 0 aromatic heterocycles. The summed E-state index contributed by atoms with van der Waals surface area (Å²) in [4.78, 5) is 33.2. The molecule has 158 valence electrons. The van der Waals surface area contributed by atoms with Crippen LogP contribution in [0, 0.1) is 0 Å². The Morgan fingerprint density at radius 2 is 1.39 bits per heavy atom. The summed E-state index contributed by atoms with van der Waals surface area (Å²) in [5.74, 6) is -2.98. The Morgan fingerprint density at radius 3 is 2.00 bits per heavy atom. The quantitative estimate of drug-likeness (QED) is 0.247. The van der Waals surface area contributed by atoms with Crippen LogP contribution in [0.25, 0.3) is 0 Å². The summed E-state index contributed by atoms with van der Waals surface area (Å²) in [5, 5.41) is 19.8. The first-order chi connectivity index (χ1) is 13.5. The van der Waals surface area contributed by atoms with Gasteiger partial charge in [-0.1, -0.05) is 62.6 Å². The van der Waals surface area contributed by atoms with Crippen molar-refractivity contribution < 1.29 is 24.6 Å². The van der Waals surface area contributed by atoms with E-state index < -0.39 is 30.3 Å². The summed E-state index contributed by atoms with van der Waals surface area (Å²) in [5.41, 5.74) is 0. The second kappa shape index (κ2) is 18.0. The van der Waals surface area contributed by atoms with E-state index in [-0.39, 0.29) is 6.42 Å². The highest BCUT2D eigenvalue weighted by Gasteiger charge is 2.22. The van der Waals surface area contributed by atoms with E-state index in [0.29, 0.717) is 6.42 Å². The van der Waals surface area contributed by atoms with Gasteiger partial charge in [-0.3, -0.25) is 9.59 Å². The summed E-state index contributed by atoms with van der Waals surface area (Å²) in [6, 6.07) is -1.36. The first kappa shape index (κ1) is 25.6. The van der Waals surface area contributed by atoms with Gasteiger partial charge in [-0.2, -0.15) is 0 Å². The maximum atomic E-state index is 11.7. The van der Waals surface area contributed by atoms with Crippen molar-refractivity contribution in [3.63, 3.8) is 0 Å². The number of amides is 1. The maximum Gasteiger partial charge on any atom is 0.326 e. The number of rotatable bonds is 17. The predicted octanol–water partition coefficient (Wildman–Crippen LogP) is 4.62. The zero-order valence-corrected chi connectivity index (χ0v) is 16.9. The van der Waals surface area contributed by atoms with Gasteiger partial charge < -0.3 is 15.5 Å². The number of carbonyl (C=O) groups excluding carboxylic acids is 1. The zero-order chi connectivity index (χ0) is 21.0. The lowest BCUT2D eigenvalue weighted by Gasteiger charge is -2.12. The summed E-state index contributed by atoms with van der Waals surface area (Å²) in [6.45, 7) is 2.13. The summed E-state index contributed by atoms with van der Waals surface area (Å²) in [7, 11) is 0. The molecule has 0 aliphatic rings. The fraction of sp³-hybridized carbons (Fsp3) is 0.591. The van der Waals surface area contributed by atoms with Crippen LogP contribution in [0.1, 0.15) is 77.6 Å². The molecule has 0 radical (unpaired) electrons. The first-order valence-electron chi connectivity index (χ1n) is 10.2. The van der Waals surface area contributed by atoms with Gasteiger partial charge in [-0.05, 0) is 38.5 Å². The molecule has 0 spiro atoms. The Morgan fingerprint density at radius 1 is 0.821 bits per heavy atom. The maximum absolute atomic E-state index is 11.7. The summed E-state index contributed by atoms with van der Waals surface area (Å²) >= 11 is 0. The van der Waals surface area contributed by atoms with Crippen LogP contribution in [0.3, 0.4) is 0 Å². The lowest BCUT2D eigenvalue weighted by molar-refractivity contribution is -0.147. The Hall–Kier alpha value is -2.37. The molecular formula is C22H35NO5. The van der Waals surface area contributed by atoms with Crippen molar-refractivity contribution in [2.24, 2.45) is 0 Å². The molecule has 28 heavy (non-hydrogen) atoms. The van der Waals surface area contributed by atoms with Gasteiger partial charge in [0.2, 0.25) is 5.91 Å². The van der Waals surface area contributed by atoms with Gasteiger partial charge in [0.15, 0.2) is 0 Å². The number of hydrogen-bond acceptors (Lipinski definition) is 3.